The van der Waals surface area contributed by atoms with Crippen molar-refractivity contribution in [2.24, 2.45) is 0 Å². The Labute approximate surface area is 123 Å². The van der Waals surface area contributed by atoms with Gasteiger partial charge in [0.1, 0.15) is 0 Å². The summed E-state index contributed by atoms with van der Waals surface area (Å²) in [6.07, 6.45) is 1.34. The lowest BCUT2D eigenvalue weighted by Crippen LogP contribution is -2.23. The van der Waals surface area contributed by atoms with E-state index in [9.17, 15) is 4.79 Å². The van der Waals surface area contributed by atoms with Gasteiger partial charge in [0.2, 0.25) is 0 Å². The number of nitrogens with zero attached hydrogens (tertiary/aromatic N) is 1. The molecule has 3 aromatic carbocycles. The minimum Gasteiger partial charge on any atom is -0.278 e. The third kappa shape index (κ3) is 2.56. The van der Waals surface area contributed by atoms with Crippen LogP contribution in [0.4, 0.5) is 11.4 Å². The summed E-state index contributed by atoms with van der Waals surface area (Å²) in [5.41, 5.74) is 1.67. The molecule has 0 aliphatic rings. The summed E-state index contributed by atoms with van der Waals surface area (Å²) in [5.74, 6) is -0.142. The third-order valence-corrected chi connectivity index (χ3v) is 3.40. The molecule has 0 spiro atoms. The van der Waals surface area contributed by atoms with Crippen LogP contribution in [0.5, 0.6) is 0 Å². The minimum absolute atomic E-state index is 0.142. The van der Waals surface area contributed by atoms with Gasteiger partial charge in [0.05, 0.1) is 0 Å². The third-order valence-electron chi connectivity index (χ3n) is 3.40. The largest absolute Gasteiger partial charge is 0.278 e. The summed E-state index contributed by atoms with van der Waals surface area (Å²) in [7, 11) is 0. The van der Waals surface area contributed by atoms with Gasteiger partial charge in [-0.25, -0.2) is 0 Å². The standard InChI is InChI=1S/C19H15NO/c1-2-19(21)20(17-10-4-3-5-11-17)18-13-12-15-8-6-7-9-16(15)14-18/h2-14H,1H2. The van der Waals surface area contributed by atoms with Crippen molar-refractivity contribution in [3.8, 4) is 0 Å². The number of hydrogen-bond donors (Lipinski definition) is 0. The number of amides is 1. The second-order valence-corrected chi connectivity index (χ2v) is 4.74. The first kappa shape index (κ1) is 13.1. The number of carbonyl (C=O) groups is 1. The highest BCUT2D eigenvalue weighted by Crippen LogP contribution is 2.28. The van der Waals surface area contributed by atoms with E-state index in [0.29, 0.717) is 0 Å². The molecule has 3 aromatic rings. The predicted molar refractivity (Wildman–Crippen MR) is 87.7 cm³/mol. The van der Waals surface area contributed by atoms with Gasteiger partial charge in [-0.1, -0.05) is 55.1 Å². The summed E-state index contributed by atoms with van der Waals surface area (Å²) >= 11 is 0. The van der Waals surface area contributed by atoms with Crippen molar-refractivity contribution in [2.45, 2.75) is 0 Å². The molecule has 0 saturated carbocycles. The highest BCUT2D eigenvalue weighted by molar-refractivity contribution is 6.07. The molecule has 0 bridgehead atoms. The predicted octanol–water partition coefficient (Wildman–Crippen LogP) is 4.69. The molecular formula is C19H15NO. The van der Waals surface area contributed by atoms with Gasteiger partial charge in [0, 0.05) is 11.4 Å². The maximum absolute atomic E-state index is 12.3. The molecule has 102 valence electrons. The van der Waals surface area contributed by atoms with Crippen molar-refractivity contribution in [2.75, 3.05) is 4.90 Å². The summed E-state index contributed by atoms with van der Waals surface area (Å²) < 4.78 is 0. The lowest BCUT2D eigenvalue weighted by Gasteiger charge is -2.22. The number of benzene rings is 3. The van der Waals surface area contributed by atoms with E-state index < -0.39 is 0 Å². The number of para-hydroxylation sites is 1. The van der Waals surface area contributed by atoms with Gasteiger partial charge in [0.25, 0.3) is 5.91 Å². The molecule has 0 radical (unpaired) electrons. The second kappa shape index (κ2) is 5.63. The second-order valence-electron chi connectivity index (χ2n) is 4.74. The smallest absolute Gasteiger partial charge is 0.254 e. The molecule has 0 saturated heterocycles. The molecule has 2 nitrogen and oxygen atoms in total. The molecule has 0 aliphatic heterocycles. The van der Waals surface area contributed by atoms with Crippen LogP contribution in [-0.4, -0.2) is 5.91 Å². The number of fused-ring (bicyclic) bond motifs is 1. The molecule has 2 heteroatoms. The Morgan fingerprint density at radius 3 is 2.19 bits per heavy atom. The molecule has 1 amide bonds. The Hall–Kier alpha value is -2.87. The van der Waals surface area contributed by atoms with Gasteiger partial charge < -0.3 is 0 Å². The van der Waals surface area contributed by atoms with E-state index in [1.165, 1.54) is 6.08 Å². The fourth-order valence-electron chi connectivity index (χ4n) is 2.39. The van der Waals surface area contributed by atoms with Crippen LogP contribution < -0.4 is 4.90 Å². The Morgan fingerprint density at radius 2 is 1.48 bits per heavy atom. The fourth-order valence-corrected chi connectivity index (χ4v) is 2.39. The zero-order valence-electron chi connectivity index (χ0n) is 11.6. The number of anilines is 2. The zero-order valence-corrected chi connectivity index (χ0v) is 11.6. The zero-order chi connectivity index (χ0) is 14.7. The number of rotatable bonds is 3. The van der Waals surface area contributed by atoms with Crippen molar-refractivity contribution in [3.63, 3.8) is 0 Å². The molecular weight excluding hydrogens is 258 g/mol. The molecule has 0 aliphatic carbocycles. The van der Waals surface area contributed by atoms with Gasteiger partial charge in [-0.05, 0) is 41.1 Å². The SMILES string of the molecule is C=CC(=O)N(c1ccccc1)c1ccc2ccccc2c1. The van der Waals surface area contributed by atoms with Crippen LogP contribution in [0.1, 0.15) is 0 Å². The normalized spacial score (nSPS) is 10.3. The lowest BCUT2D eigenvalue weighted by molar-refractivity contribution is -0.113. The van der Waals surface area contributed by atoms with Gasteiger partial charge >= 0.3 is 0 Å². The van der Waals surface area contributed by atoms with E-state index in [1.807, 2.05) is 66.7 Å². The van der Waals surface area contributed by atoms with E-state index in [4.69, 9.17) is 0 Å². The Kier molecular flexibility index (Phi) is 3.52. The van der Waals surface area contributed by atoms with Crippen LogP contribution in [0, 0.1) is 0 Å². The van der Waals surface area contributed by atoms with Crippen LogP contribution >= 0.6 is 0 Å². The first-order chi connectivity index (χ1) is 10.3. The number of hydrogen-bond acceptors (Lipinski definition) is 1. The van der Waals surface area contributed by atoms with Crippen LogP contribution in [0.2, 0.25) is 0 Å². The van der Waals surface area contributed by atoms with E-state index in [1.54, 1.807) is 4.90 Å². The van der Waals surface area contributed by atoms with E-state index in [2.05, 4.69) is 12.6 Å². The van der Waals surface area contributed by atoms with Crippen molar-refractivity contribution in [3.05, 3.63) is 85.5 Å². The van der Waals surface area contributed by atoms with Crippen molar-refractivity contribution >= 4 is 28.1 Å². The van der Waals surface area contributed by atoms with Gasteiger partial charge in [-0.15, -0.1) is 0 Å². The number of carbonyl (C=O) groups excluding carboxylic acids is 1. The lowest BCUT2D eigenvalue weighted by atomic mass is 10.1. The maximum Gasteiger partial charge on any atom is 0.254 e. The van der Waals surface area contributed by atoms with Crippen molar-refractivity contribution in [1.29, 1.82) is 0 Å². The Bertz CT molecular complexity index is 793. The average molecular weight is 273 g/mol. The van der Waals surface area contributed by atoms with Gasteiger partial charge in [-0.3, -0.25) is 9.69 Å². The van der Waals surface area contributed by atoms with Crippen LogP contribution in [-0.2, 0) is 4.79 Å². The molecule has 21 heavy (non-hydrogen) atoms. The minimum atomic E-state index is -0.142. The molecule has 0 fully saturated rings. The molecule has 0 N–H and O–H groups in total. The molecule has 0 atom stereocenters. The summed E-state index contributed by atoms with van der Waals surface area (Å²) in [4.78, 5) is 13.9. The first-order valence-corrected chi connectivity index (χ1v) is 6.80. The Balaban J connectivity index is 2.14. The molecule has 3 rings (SSSR count). The van der Waals surface area contributed by atoms with E-state index >= 15 is 0 Å². The average Bonchev–Trinajstić information content (AvgIpc) is 2.56. The van der Waals surface area contributed by atoms with E-state index in [-0.39, 0.29) is 5.91 Å². The van der Waals surface area contributed by atoms with Crippen molar-refractivity contribution < 1.29 is 4.79 Å². The fraction of sp³-hybridized carbons (Fsp3) is 0. The first-order valence-electron chi connectivity index (χ1n) is 6.80. The Morgan fingerprint density at radius 1 is 0.810 bits per heavy atom. The highest BCUT2D eigenvalue weighted by atomic mass is 16.2. The topological polar surface area (TPSA) is 20.3 Å². The van der Waals surface area contributed by atoms with E-state index in [0.717, 1.165) is 22.1 Å². The summed E-state index contributed by atoms with van der Waals surface area (Å²) in [6.45, 7) is 3.60. The highest BCUT2D eigenvalue weighted by Gasteiger charge is 2.15. The molecule has 0 heterocycles. The summed E-state index contributed by atoms with van der Waals surface area (Å²) in [5, 5.41) is 2.26. The van der Waals surface area contributed by atoms with Crippen LogP contribution in [0.25, 0.3) is 10.8 Å². The van der Waals surface area contributed by atoms with Crippen LogP contribution in [0.3, 0.4) is 0 Å². The quantitative estimate of drug-likeness (QED) is 0.634. The van der Waals surface area contributed by atoms with Gasteiger partial charge in [0.15, 0.2) is 0 Å². The molecule has 0 unspecified atom stereocenters. The molecule has 0 aromatic heterocycles. The summed E-state index contributed by atoms with van der Waals surface area (Å²) in [6, 6.07) is 23.7. The van der Waals surface area contributed by atoms with Crippen LogP contribution in [0.15, 0.2) is 85.5 Å². The monoisotopic (exact) mass is 273 g/mol. The maximum atomic E-state index is 12.3. The van der Waals surface area contributed by atoms with Crippen molar-refractivity contribution in [1.82, 2.24) is 0 Å². The van der Waals surface area contributed by atoms with Gasteiger partial charge in [-0.2, -0.15) is 0 Å².